The van der Waals surface area contributed by atoms with Crippen LogP contribution in [0.25, 0.3) is 0 Å². The summed E-state index contributed by atoms with van der Waals surface area (Å²) in [5.41, 5.74) is 0. The summed E-state index contributed by atoms with van der Waals surface area (Å²) in [5, 5.41) is 20.0. The second-order valence-electron chi connectivity index (χ2n) is 3.68. The van der Waals surface area contributed by atoms with Crippen LogP contribution in [0.3, 0.4) is 0 Å². The van der Waals surface area contributed by atoms with Crippen molar-refractivity contribution < 1.29 is 24.1 Å². The number of rotatable bonds is 7. The molecule has 0 aliphatic carbocycles. The molecule has 0 unspecified atom stereocenters. The first-order valence-corrected chi connectivity index (χ1v) is 5.55. The summed E-state index contributed by atoms with van der Waals surface area (Å²) in [4.78, 5) is 11.3. The number of aliphatic hydroxyl groups is 2. The minimum Gasteiger partial charge on any atom is -0.493 e. The highest BCUT2D eigenvalue weighted by atomic mass is 19.1. The molecule has 0 aliphatic rings. The van der Waals surface area contributed by atoms with Crippen LogP contribution in [0.15, 0.2) is 24.3 Å². The molecule has 5 nitrogen and oxygen atoms in total. The summed E-state index contributed by atoms with van der Waals surface area (Å²) in [5.74, 6) is -0.205. The van der Waals surface area contributed by atoms with Gasteiger partial charge in [0.1, 0.15) is 11.6 Å². The minimum atomic E-state index is -0.650. The lowest BCUT2D eigenvalue weighted by Gasteiger charge is -2.13. The number of aliphatic hydroxyl groups excluding tert-OH is 2. The molecule has 0 heterocycles. The third-order valence-electron chi connectivity index (χ3n) is 2.22. The Morgan fingerprint density at radius 2 is 1.89 bits per heavy atom. The molecular formula is C12H16FNO4. The van der Waals surface area contributed by atoms with E-state index in [0.29, 0.717) is 5.75 Å². The summed E-state index contributed by atoms with van der Waals surface area (Å²) in [7, 11) is 0. The van der Waals surface area contributed by atoms with Crippen molar-refractivity contribution >= 4 is 5.91 Å². The van der Waals surface area contributed by atoms with Crippen molar-refractivity contribution in [3.8, 4) is 5.75 Å². The number of benzene rings is 1. The van der Waals surface area contributed by atoms with Crippen LogP contribution < -0.4 is 10.1 Å². The van der Waals surface area contributed by atoms with Gasteiger partial charge in [-0.1, -0.05) is 0 Å². The number of nitrogens with one attached hydrogen (secondary N) is 1. The highest BCUT2D eigenvalue weighted by molar-refractivity contribution is 5.76. The van der Waals surface area contributed by atoms with Gasteiger partial charge in [-0.15, -0.1) is 0 Å². The van der Waals surface area contributed by atoms with Crippen LogP contribution in [0, 0.1) is 5.82 Å². The molecule has 1 aromatic rings. The Morgan fingerprint density at radius 3 is 2.44 bits per heavy atom. The summed E-state index contributed by atoms with van der Waals surface area (Å²) < 4.78 is 17.8. The zero-order valence-electron chi connectivity index (χ0n) is 9.80. The second-order valence-corrected chi connectivity index (χ2v) is 3.68. The molecule has 0 aliphatic heterocycles. The maximum atomic E-state index is 12.6. The minimum absolute atomic E-state index is 0.0911. The predicted octanol–water partition coefficient (Wildman–Crippen LogP) is 0.0640. The van der Waals surface area contributed by atoms with Crippen LogP contribution in [-0.4, -0.2) is 42.0 Å². The Hall–Kier alpha value is -1.66. The molecule has 100 valence electrons. The summed E-state index contributed by atoms with van der Waals surface area (Å²) >= 11 is 0. The third-order valence-corrected chi connectivity index (χ3v) is 2.22. The van der Waals surface area contributed by atoms with Gasteiger partial charge in [0.25, 0.3) is 0 Å². The zero-order valence-corrected chi connectivity index (χ0v) is 9.80. The maximum Gasteiger partial charge on any atom is 0.223 e. The first kappa shape index (κ1) is 14.4. The lowest BCUT2D eigenvalue weighted by molar-refractivity contribution is -0.122. The molecule has 0 bridgehead atoms. The average molecular weight is 257 g/mol. The van der Waals surface area contributed by atoms with Crippen molar-refractivity contribution in [2.75, 3.05) is 19.8 Å². The van der Waals surface area contributed by atoms with Crippen molar-refractivity contribution in [2.45, 2.75) is 12.5 Å². The maximum absolute atomic E-state index is 12.6. The Morgan fingerprint density at radius 1 is 1.28 bits per heavy atom. The van der Waals surface area contributed by atoms with Gasteiger partial charge in [-0.2, -0.15) is 0 Å². The quantitative estimate of drug-likeness (QED) is 0.645. The van der Waals surface area contributed by atoms with Crippen LogP contribution in [0.5, 0.6) is 5.75 Å². The van der Waals surface area contributed by atoms with E-state index in [9.17, 15) is 9.18 Å². The molecule has 1 aromatic carbocycles. The number of hydrogen-bond donors (Lipinski definition) is 3. The number of halogens is 1. The molecule has 0 radical (unpaired) electrons. The highest BCUT2D eigenvalue weighted by Gasteiger charge is 2.09. The molecule has 0 fully saturated rings. The van der Waals surface area contributed by atoms with Crippen LogP contribution in [0.2, 0.25) is 0 Å². The van der Waals surface area contributed by atoms with Gasteiger partial charge in [-0.3, -0.25) is 4.79 Å². The van der Waals surface area contributed by atoms with E-state index in [4.69, 9.17) is 14.9 Å². The Kier molecular flexibility index (Phi) is 6.10. The van der Waals surface area contributed by atoms with Gasteiger partial charge in [-0.25, -0.2) is 4.39 Å². The molecular weight excluding hydrogens is 241 g/mol. The molecule has 0 atom stereocenters. The van der Waals surface area contributed by atoms with E-state index >= 15 is 0 Å². The Labute approximate surface area is 104 Å². The molecule has 0 spiro atoms. The Bertz CT molecular complexity index is 365. The largest absolute Gasteiger partial charge is 0.493 e. The van der Waals surface area contributed by atoms with Crippen molar-refractivity contribution in [3.63, 3.8) is 0 Å². The topological polar surface area (TPSA) is 78.8 Å². The van der Waals surface area contributed by atoms with Crippen LogP contribution >= 0.6 is 0 Å². The zero-order chi connectivity index (χ0) is 13.4. The van der Waals surface area contributed by atoms with Gasteiger partial charge in [0.15, 0.2) is 0 Å². The normalized spacial score (nSPS) is 10.4. The van der Waals surface area contributed by atoms with Gasteiger partial charge >= 0.3 is 0 Å². The van der Waals surface area contributed by atoms with Crippen LogP contribution in [0.4, 0.5) is 4.39 Å². The molecule has 3 N–H and O–H groups in total. The van der Waals surface area contributed by atoms with Crippen molar-refractivity contribution in [3.05, 3.63) is 30.1 Å². The third kappa shape index (κ3) is 5.11. The molecule has 0 aromatic heterocycles. The van der Waals surface area contributed by atoms with E-state index in [1.165, 1.54) is 24.3 Å². The second kappa shape index (κ2) is 7.62. The van der Waals surface area contributed by atoms with Gasteiger partial charge in [-0.05, 0) is 24.3 Å². The molecule has 0 saturated carbocycles. The standard InChI is InChI=1S/C12H16FNO4/c13-9-1-3-11(4-2-9)18-6-5-12(17)14-10(7-15)8-16/h1-4,10,15-16H,5-8H2,(H,14,17). The SMILES string of the molecule is O=C(CCOc1ccc(F)cc1)NC(CO)CO. The number of carbonyl (C=O) groups is 1. The Balaban J connectivity index is 2.25. The molecule has 6 heteroatoms. The molecule has 18 heavy (non-hydrogen) atoms. The van der Waals surface area contributed by atoms with Crippen molar-refractivity contribution in [2.24, 2.45) is 0 Å². The fourth-order valence-corrected chi connectivity index (χ4v) is 1.24. The predicted molar refractivity (Wildman–Crippen MR) is 62.6 cm³/mol. The van der Waals surface area contributed by atoms with E-state index in [0.717, 1.165) is 0 Å². The van der Waals surface area contributed by atoms with Crippen molar-refractivity contribution in [1.82, 2.24) is 5.32 Å². The fourth-order valence-electron chi connectivity index (χ4n) is 1.24. The van der Waals surface area contributed by atoms with Crippen LogP contribution in [0.1, 0.15) is 6.42 Å². The first-order chi connectivity index (χ1) is 8.65. The molecule has 0 saturated heterocycles. The number of hydrogen-bond acceptors (Lipinski definition) is 4. The molecule has 1 amide bonds. The number of ether oxygens (including phenoxy) is 1. The van der Waals surface area contributed by atoms with Crippen molar-refractivity contribution in [1.29, 1.82) is 0 Å². The first-order valence-electron chi connectivity index (χ1n) is 5.55. The lowest BCUT2D eigenvalue weighted by atomic mass is 10.3. The van der Waals surface area contributed by atoms with Gasteiger partial charge in [0.05, 0.1) is 32.3 Å². The smallest absolute Gasteiger partial charge is 0.223 e. The van der Waals surface area contributed by atoms with E-state index in [1.807, 2.05) is 0 Å². The fraction of sp³-hybridized carbons (Fsp3) is 0.417. The lowest BCUT2D eigenvalue weighted by Crippen LogP contribution is -2.40. The van der Waals surface area contributed by atoms with Crippen LogP contribution in [-0.2, 0) is 4.79 Å². The van der Waals surface area contributed by atoms with Gasteiger partial charge in [0, 0.05) is 0 Å². The van der Waals surface area contributed by atoms with Gasteiger partial charge < -0.3 is 20.3 Å². The summed E-state index contributed by atoms with van der Waals surface area (Å²) in [6.07, 6.45) is 0.0911. The summed E-state index contributed by atoms with van der Waals surface area (Å²) in [6.45, 7) is -0.497. The van der Waals surface area contributed by atoms with E-state index in [-0.39, 0.29) is 38.0 Å². The summed E-state index contributed by atoms with van der Waals surface area (Å²) in [6, 6.07) is 4.82. The number of amides is 1. The van der Waals surface area contributed by atoms with E-state index < -0.39 is 6.04 Å². The number of carbonyl (C=O) groups excluding carboxylic acids is 1. The molecule has 1 rings (SSSR count). The van der Waals surface area contributed by atoms with Gasteiger partial charge in [0.2, 0.25) is 5.91 Å². The average Bonchev–Trinajstić information content (AvgIpc) is 2.38. The highest BCUT2D eigenvalue weighted by Crippen LogP contribution is 2.10. The monoisotopic (exact) mass is 257 g/mol. The van der Waals surface area contributed by atoms with E-state index in [2.05, 4.69) is 5.32 Å². The van der Waals surface area contributed by atoms with E-state index in [1.54, 1.807) is 0 Å².